The number of rotatable bonds is 9. The highest BCUT2D eigenvalue weighted by molar-refractivity contribution is 5.83. The molecule has 0 saturated heterocycles. The molecular weight excluding hydrogens is 272 g/mol. The second kappa shape index (κ2) is 9.55. The van der Waals surface area contributed by atoms with Gasteiger partial charge in [0.25, 0.3) is 0 Å². The van der Waals surface area contributed by atoms with E-state index >= 15 is 0 Å². The first-order valence-corrected chi connectivity index (χ1v) is 6.66. The van der Waals surface area contributed by atoms with Crippen LogP contribution in [0.5, 0.6) is 0 Å². The van der Waals surface area contributed by atoms with Gasteiger partial charge in [-0.15, -0.1) is 6.58 Å². The minimum atomic E-state index is -1.11. The van der Waals surface area contributed by atoms with E-state index in [4.69, 9.17) is 9.84 Å². The Hall–Kier alpha value is -2.34. The molecule has 6 nitrogen and oxygen atoms in total. The molecule has 0 radical (unpaired) electrons. The van der Waals surface area contributed by atoms with Gasteiger partial charge in [0.2, 0.25) is 0 Å². The number of hydrogen-bond acceptors (Lipinski definition) is 3. The average molecular weight is 292 g/mol. The Bertz CT molecular complexity index is 462. The number of carbonyl (C=O) groups is 2. The highest BCUT2D eigenvalue weighted by Crippen LogP contribution is 2.12. The number of hydrogen-bond donors (Lipinski definition) is 3. The molecule has 0 aliphatic heterocycles. The molecule has 3 N–H and O–H groups in total. The Morgan fingerprint density at radius 1 is 1.29 bits per heavy atom. The Balaban J connectivity index is 2.37. The van der Waals surface area contributed by atoms with Gasteiger partial charge in [0.15, 0.2) is 6.04 Å². The summed E-state index contributed by atoms with van der Waals surface area (Å²) in [6.07, 6.45) is 2.50. The lowest BCUT2D eigenvalue weighted by molar-refractivity contribution is -0.139. The number of aliphatic carboxylic acids is 1. The van der Waals surface area contributed by atoms with Gasteiger partial charge in [0, 0.05) is 6.54 Å². The molecule has 1 aromatic rings. The van der Waals surface area contributed by atoms with Crippen molar-refractivity contribution in [3.05, 3.63) is 48.6 Å². The van der Waals surface area contributed by atoms with Gasteiger partial charge in [-0.05, 0) is 12.0 Å². The molecule has 1 unspecified atom stereocenters. The van der Waals surface area contributed by atoms with Gasteiger partial charge in [-0.1, -0.05) is 36.4 Å². The maximum atomic E-state index is 11.7. The number of amides is 2. The van der Waals surface area contributed by atoms with Crippen LogP contribution in [0, 0.1) is 0 Å². The molecule has 0 aliphatic carbocycles. The summed E-state index contributed by atoms with van der Waals surface area (Å²) in [5.41, 5.74) is 0.516. The van der Waals surface area contributed by atoms with E-state index in [0.29, 0.717) is 25.3 Å². The zero-order chi connectivity index (χ0) is 15.5. The van der Waals surface area contributed by atoms with Gasteiger partial charge in [0.1, 0.15) is 0 Å². The third-order valence-corrected chi connectivity index (χ3v) is 2.65. The Morgan fingerprint density at radius 2 is 2.00 bits per heavy atom. The molecule has 114 valence electrons. The summed E-state index contributed by atoms with van der Waals surface area (Å²) in [6, 6.07) is 6.90. The first-order chi connectivity index (χ1) is 10.1. The molecule has 0 aliphatic rings. The van der Waals surface area contributed by atoms with Crippen molar-refractivity contribution in [3.63, 3.8) is 0 Å². The molecule has 1 atom stereocenters. The SMILES string of the molecule is C=CCCOCCNC(=O)NC(C(=O)O)c1ccccc1. The van der Waals surface area contributed by atoms with Crippen LogP contribution in [0.2, 0.25) is 0 Å². The van der Waals surface area contributed by atoms with Gasteiger partial charge in [0.05, 0.1) is 13.2 Å². The molecule has 0 heterocycles. The van der Waals surface area contributed by atoms with Crippen molar-refractivity contribution < 1.29 is 19.4 Å². The lowest BCUT2D eigenvalue weighted by atomic mass is 10.1. The fraction of sp³-hybridized carbons (Fsp3) is 0.333. The zero-order valence-corrected chi connectivity index (χ0v) is 11.7. The van der Waals surface area contributed by atoms with Crippen molar-refractivity contribution in [2.75, 3.05) is 19.8 Å². The third-order valence-electron chi connectivity index (χ3n) is 2.65. The lowest BCUT2D eigenvalue weighted by Gasteiger charge is -2.15. The lowest BCUT2D eigenvalue weighted by Crippen LogP contribution is -2.42. The summed E-state index contributed by atoms with van der Waals surface area (Å²) in [7, 11) is 0. The van der Waals surface area contributed by atoms with Crippen LogP contribution in [-0.4, -0.2) is 36.9 Å². The third kappa shape index (κ3) is 6.58. The molecule has 1 aromatic carbocycles. The molecule has 0 saturated carbocycles. The number of nitrogens with one attached hydrogen (secondary N) is 2. The topological polar surface area (TPSA) is 87.7 Å². The average Bonchev–Trinajstić information content (AvgIpc) is 2.49. The van der Waals surface area contributed by atoms with Crippen LogP contribution in [0.4, 0.5) is 4.79 Å². The molecule has 0 aromatic heterocycles. The number of carboxylic acid groups (broad SMARTS) is 1. The molecule has 2 amide bonds. The number of carboxylic acids is 1. The van der Waals surface area contributed by atoms with E-state index in [1.807, 2.05) is 0 Å². The molecular formula is C15H20N2O4. The van der Waals surface area contributed by atoms with E-state index < -0.39 is 18.0 Å². The van der Waals surface area contributed by atoms with E-state index in [-0.39, 0.29) is 0 Å². The van der Waals surface area contributed by atoms with Crippen LogP contribution >= 0.6 is 0 Å². The highest BCUT2D eigenvalue weighted by atomic mass is 16.5. The zero-order valence-electron chi connectivity index (χ0n) is 11.7. The van der Waals surface area contributed by atoms with Crippen LogP contribution in [0.15, 0.2) is 43.0 Å². The Kier molecular flexibility index (Phi) is 7.60. The van der Waals surface area contributed by atoms with E-state index in [1.165, 1.54) is 0 Å². The quantitative estimate of drug-likeness (QED) is 0.477. The van der Waals surface area contributed by atoms with Crippen LogP contribution < -0.4 is 10.6 Å². The van der Waals surface area contributed by atoms with E-state index in [2.05, 4.69) is 17.2 Å². The molecule has 1 rings (SSSR count). The number of benzene rings is 1. The number of urea groups is 1. The van der Waals surface area contributed by atoms with Crippen molar-refractivity contribution in [2.45, 2.75) is 12.5 Å². The summed E-state index contributed by atoms with van der Waals surface area (Å²) in [4.78, 5) is 22.9. The van der Waals surface area contributed by atoms with Crippen molar-refractivity contribution in [1.82, 2.24) is 10.6 Å². The first kappa shape index (κ1) is 16.7. The van der Waals surface area contributed by atoms with Gasteiger partial charge < -0.3 is 20.5 Å². The fourth-order valence-corrected chi connectivity index (χ4v) is 1.62. The van der Waals surface area contributed by atoms with Crippen LogP contribution in [-0.2, 0) is 9.53 Å². The van der Waals surface area contributed by atoms with Crippen LogP contribution in [0.25, 0.3) is 0 Å². The second-order valence-electron chi connectivity index (χ2n) is 4.27. The van der Waals surface area contributed by atoms with Crippen molar-refractivity contribution in [1.29, 1.82) is 0 Å². The largest absolute Gasteiger partial charge is 0.479 e. The monoisotopic (exact) mass is 292 g/mol. The van der Waals surface area contributed by atoms with Crippen LogP contribution in [0.3, 0.4) is 0 Å². The smallest absolute Gasteiger partial charge is 0.330 e. The molecule has 0 bridgehead atoms. The standard InChI is InChI=1S/C15H20N2O4/c1-2-3-10-21-11-9-16-15(20)17-13(14(18)19)12-7-5-4-6-8-12/h2,4-8,13H,1,3,9-11H2,(H,18,19)(H2,16,17,20). The Morgan fingerprint density at radius 3 is 2.62 bits per heavy atom. The van der Waals surface area contributed by atoms with Crippen molar-refractivity contribution in [3.8, 4) is 0 Å². The maximum absolute atomic E-state index is 11.7. The molecule has 6 heteroatoms. The van der Waals surface area contributed by atoms with Gasteiger partial charge >= 0.3 is 12.0 Å². The summed E-state index contributed by atoms with van der Waals surface area (Å²) in [5.74, 6) is -1.11. The second-order valence-corrected chi connectivity index (χ2v) is 4.27. The molecule has 21 heavy (non-hydrogen) atoms. The summed E-state index contributed by atoms with van der Waals surface area (Å²) < 4.78 is 5.23. The van der Waals surface area contributed by atoms with E-state index in [0.717, 1.165) is 6.42 Å². The summed E-state index contributed by atoms with van der Waals surface area (Å²) in [5, 5.41) is 14.1. The summed E-state index contributed by atoms with van der Waals surface area (Å²) in [6.45, 7) is 4.79. The predicted molar refractivity (Wildman–Crippen MR) is 79.0 cm³/mol. The predicted octanol–water partition coefficient (Wildman–Crippen LogP) is 1.70. The minimum Gasteiger partial charge on any atom is -0.479 e. The first-order valence-electron chi connectivity index (χ1n) is 6.66. The Labute approximate surface area is 123 Å². The van der Waals surface area contributed by atoms with Gasteiger partial charge in [-0.3, -0.25) is 0 Å². The van der Waals surface area contributed by atoms with E-state index in [1.54, 1.807) is 36.4 Å². The van der Waals surface area contributed by atoms with Crippen LogP contribution in [0.1, 0.15) is 18.0 Å². The van der Waals surface area contributed by atoms with Crippen molar-refractivity contribution in [2.24, 2.45) is 0 Å². The van der Waals surface area contributed by atoms with Crippen molar-refractivity contribution >= 4 is 12.0 Å². The summed E-state index contributed by atoms with van der Waals surface area (Å²) >= 11 is 0. The van der Waals surface area contributed by atoms with Gasteiger partial charge in [-0.25, -0.2) is 9.59 Å². The minimum absolute atomic E-state index is 0.310. The highest BCUT2D eigenvalue weighted by Gasteiger charge is 2.21. The van der Waals surface area contributed by atoms with Gasteiger partial charge in [-0.2, -0.15) is 0 Å². The fourth-order valence-electron chi connectivity index (χ4n) is 1.62. The number of ether oxygens (including phenoxy) is 1. The molecule has 0 fully saturated rings. The maximum Gasteiger partial charge on any atom is 0.330 e. The number of carbonyl (C=O) groups excluding carboxylic acids is 1. The normalized spacial score (nSPS) is 11.4. The molecule has 0 spiro atoms. The van der Waals surface area contributed by atoms with E-state index in [9.17, 15) is 9.59 Å².